The van der Waals surface area contributed by atoms with Gasteiger partial charge in [-0.3, -0.25) is 0 Å². The molecule has 4 heteroatoms. The average molecular weight is 279 g/mol. The van der Waals surface area contributed by atoms with Crippen LogP contribution in [0.2, 0.25) is 0 Å². The number of nitrogen functional groups attached to an aromatic ring is 1. The second kappa shape index (κ2) is 5.71. The van der Waals surface area contributed by atoms with Gasteiger partial charge >= 0.3 is 0 Å². The van der Waals surface area contributed by atoms with E-state index in [-0.39, 0.29) is 6.04 Å². The van der Waals surface area contributed by atoms with Crippen LogP contribution in [-0.4, -0.2) is 5.16 Å². The second-order valence-corrected chi connectivity index (χ2v) is 4.90. The number of rotatable bonds is 4. The van der Waals surface area contributed by atoms with E-state index in [1.165, 1.54) is 0 Å². The zero-order chi connectivity index (χ0) is 14.7. The van der Waals surface area contributed by atoms with Gasteiger partial charge in [0, 0.05) is 5.69 Å². The van der Waals surface area contributed by atoms with Crippen molar-refractivity contribution in [2.75, 3.05) is 11.1 Å². The normalized spacial score (nSPS) is 12.0. The number of aromatic nitrogens is 1. The van der Waals surface area contributed by atoms with E-state index in [1.807, 2.05) is 55.5 Å². The summed E-state index contributed by atoms with van der Waals surface area (Å²) in [5, 5.41) is 7.46. The fourth-order valence-corrected chi connectivity index (χ4v) is 2.41. The molecule has 1 heterocycles. The molecule has 0 saturated heterocycles. The molecule has 0 fully saturated rings. The van der Waals surface area contributed by atoms with Gasteiger partial charge in [0.1, 0.15) is 0 Å². The van der Waals surface area contributed by atoms with Crippen LogP contribution in [0.4, 0.5) is 11.6 Å². The first-order valence-electron chi connectivity index (χ1n) is 6.84. The first-order valence-corrected chi connectivity index (χ1v) is 6.84. The molecular weight excluding hydrogens is 262 g/mol. The standard InChI is InChI=1S/C17H17N3O/c1-12-15(17(18)21-20-12)16(13-8-4-2-5-9-13)19-14-10-6-3-7-11-14/h2-11,16,19H,18H2,1H3. The Kier molecular flexibility index (Phi) is 3.60. The van der Waals surface area contributed by atoms with Gasteiger partial charge in [-0.05, 0) is 24.6 Å². The van der Waals surface area contributed by atoms with Crippen LogP contribution in [0.3, 0.4) is 0 Å². The van der Waals surface area contributed by atoms with E-state index in [9.17, 15) is 0 Å². The Bertz CT molecular complexity index is 688. The van der Waals surface area contributed by atoms with E-state index in [2.05, 4.69) is 22.6 Å². The van der Waals surface area contributed by atoms with Crippen LogP contribution >= 0.6 is 0 Å². The molecule has 1 unspecified atom stereocenters. The zero-order valence-electron chi connectivity index (χ0n) is 11.8. The third-order valence-electron chi connectivity index (χ3n) is 3.44. The molecule has 2 aromatic carbocycles. The summed E-state index contributed by atoms with van der Waals surface area (Å²) in [6.07, 6.45) is 0. The molecule has 0 aliphatic carbocycles. The Balaban J connectivity index is 2.04. The summed E-state index contributed by atoms with van der Waals surface area (Å²) in [6.45, 7) is 1.90. The van der Waals surface area contributed by atoms with E-state index < -0.39 is 0 Å². The van der Waals surface area contributed by atoms with Crippen LogP contribution in [0.1, 0.15) is 22.9 Å². The molecule has 0 spiro atoms. The molecule has 106 valence electrons. The summed E-state index contributed by atoms with van der Waals surface area (Å²) in [7, 11) is 0. The molecule has 1 aromatic heterocycles. The predicted molar refractivity (Wildman–Crippen MR) is 84.0 cm³/mol. The summed E-state index contributed by atoms with van der Waals surface area (Å²) in [5.74, 6) is 0.352. The molecular formula is C17H17N3O. The number of nitrogens with zero attached hydrogens (tertiary/aromatic N) is 1. The van der Waals surface area contributed by atoms with Crippen molar-refractivity contribution in [2.45, 2.75) is 13.0 Å². The number of benzene rings is 2. The number of nitrogens with two attached hydrogens (primary N) is 1. The van der Waals surface area contributed by atoms with Crippen LogP contribution in [0, 0.1) is 6.92 Å². The van der Waals surface area contributed by atoms with Crippen molar-refractivity contribution < 1.29 is 4.52 Å². The van der Waals surface area contributed by atoms with E-state index in [0.717, 1.165) is 22.5 Å². The Morgan fingerprint density at radius 3 is 2.19 bits per heavy atom. The quantitative estimate of drug-likeness (QED) is 0.763. The molecule has 3 rings (SSSR count). The van der Waals surface area contributed by atoms with Crippen molar-refractivity contribution in [1.82, 2.24) is 5.16 Å². The molecule has 0 amide bonds. The lowest BCUT2D eigenvalue weighted by atomic mass is 9.98. The third kappa shape index (κ3) is 2.74. The van der Waals surface area contributed by atoms with Gasteiger partial charge in [-0.25, -0.2) is 0 Å². The van der Waals surface area contributed by atoms with Crippen LogP contribution in [0.15, 0.2) is 65.2 Å². The van der Waals surface area contributed by atoms with Crippen molar-refractivity contribution in [1.29, 1.82) is 0 Å². The summed E-state index contributed by atoms with van der Waals surface area (Å²) in [4.78, 5) is 0. The summed E-state index contributed by atoms with van der Waals surface area (Å²) in [6, 6.07) is 20.1. The van der Waals surface area contributed by atoms with Crippen LogP contribution in [0.5, 0.6) is 0 Å². The van der Waals surface area contributed by atoms with Gasteiger partial charge in [-0.2, -0.15) is 0 Å². The van der Waals surface area contributed by atoms with Gasteiger partial charge in [0.2, 0.25) is 5.88 Å². The van der Waals surface area contributed by atoms with Gasteiger partial charge in [-0.1, -0.05) is 53.7 Å². The lowest BCUT2D eigenvalue weighted by molar-refractivity contribution is 0.431. The number of anilines is 2. The minimum atomic E-state index is -0.0974. The molecule has 0 saturated carbocycles. The predicted octanol–water partition coefficient (Wildman–Crippen LogP) is 3.77. The molecule has 0 aliphatic rings. The fourth-order valence-electron chi connectivity index (χ4n) is 2.41. The number of nitrogens with one attached hydrogen (secondary N) is 1. The van der Waals surface area contributed by atoms with Crippen LogP contribution in [0.25, 0.3) is 0 Å². The van der Waals surface area contributed by atoms with Crippen molar-refractivity contribution in [3.05, 3.63) is 77.5 Å². The second-order valence-electron chi connectivity index (χ2n) is 4.90. The summed E-state index contributed by atoms with van der Waals surface area (Å²) in [5.41, 5.74) is 9.77. The Morgan fingerprint density at radius 2 is 1.62 bits per heavy atom. The highest BCUT2D eigenvalue weighted by molar-refractivity contribution is 5.54. The monoisotopic (exact) mass is 279 g/mol. The van der Waals surface area contributed by atoms with Gasteiger partial charge < -0.3 is 15.6 Å². The summed E-state index contributed by atoms with van der Waals surface area (Å²) < 4.78 is 5.12. The molecule has 0 aliphatic heterocycles. The molecule has 4 nitrogen and oxygen atoms in total. The topological polar surface area (TPSA) is 64.1 Å². The first kappa shape index (κ1) is 13.2. The highest BCUT2D eigenvalue weighted by Crippen LogP contribution is 2.32. The zero-order valence-corrected chi connectivity index (χ0v) is 11.8. The first-order chi connectivity index (χ1) is 10.3. The van der Waals surface area contributed by atoms with Gasteiger partial charge in [-0.15, -0.1) is 0 Å². The smallest absolute Gasteiger partial charge is 0.227 e. The van der Waals surface area contributed by atoms with Gasteiger partial charge in [0.15, 0.2) is 0 Å². The van der Waals surface area contributed by atoms with Crippen molar-refractivity contribution in [3.63, 3.8) is 0 Å². The van der Waals surface area contributed by atoms with Crippen molar-refractivity contribution >= 4 is 11.6 Å². The van der Waals surface area contributed by atoms with Crippen molar-refractivity contribution in [3.8, 4) is 0 Å². The Morgan fingerprint density at radius 1 is 1.00 bits per heavy atom. The van der Waals surface area contributed by atoms with E-state index in [1.54, 1.807) is 0 Å². The third-order valence-corrected chi connectivity index (χ3v) is 3.44. The molecule has 21 heavy (non-hydrogen) atoms. The number of hydrogen-bond acceptors (Lipinski definition) is 4. The van der Waals surface area contributed by atoms with Gasteiger partial charge in [0.25, 0.3) is 0 Å². The van der Waals surface area contributed by atoms with E-state index >= 15 is 0 Å². The number of para-hydroxylation sites is 1. The fraction of sp³-hybridized carbons (Fsp3) is 0.118. The van der Waals surface area contributed by atoms with Crippen LogP contribution in [-0.2, 0) is 0 Å². The Hall–Kier alpha value is -2.75. The maximum Gasteiger partial charge on any atom is 0.227 e. The maximum absolute atomic E-state index is 5.96. The molecule has 0 radical (unpaired) electrons. The number of aryl methyl sites for hydroxylation is 1. The highest BCUT2D eigenvalue weighted by Gasteiger charge is 2.22. The largest absolute Gasteiger partial charge is 0.374 e. The molecule has 3 N–H and O–H groups in total. The van der Waals surface area contributed by atoms with E-state index in [4.69, 9.17) is 10.3 Å². The molecule has 3 aromatic rings. The van der Waals surface area contributed by atoms with Crippen molar-refractivity contribution in [2.24, 2.45) is 0 Å². The molecule has 0 bridgehead atoms. The Labute approximate surface area is 123 Å². The minimum absolute atomic E-state index is 0.0974. The maximum atomic E-state index is 5.96. The lowest BCUT2D eigenvalue weighted by Crippen LogP contribution is -2.14. The molecule has 1 atom stereocenters. The summed E-state index contributed by atoms with van der Waals surface area (Å²) >= 11 is 0. The lowest BCUT2D eigenvalue weighted by Gasteiger charge is -2.20. The van der Waals surface area contributed by atoms with Gasteiger partial charge in [0.05, 0.1) is 17.3 Å². The average Bonchev–Trinajstić information content (AvgIpc) is 2.86. The highest BCUT2D eigenvalue weighted by atomic mass is 16.5. The minimum Gasteiger partial charge on any atom is -0.374 e. The number of hydrogen-bond donors (Lipinski definition) is 2. The SMILES string of the molecule is Cc1noc(N)c1C(Nc1ccccc1)c1ccccc1. The van der Waals surface area contributed by atoms with E-state index in [0.29, 0.717) is 5.88 Å². The van der Waals surface area contributed by atoms with Crippen LogP contribution < -0.4 is 11.1 Å².